The van der Waals surface area contributed by atoms with E-state index in [4.69, 9.17) is 26.2 Å². The number of halogens is 1. The smallest absolute Gasteiger partial charge is 0.333 e. The van der Waals surface area contributed by atoms with Crippen molar-refractivity contribution in [3.8, 4) is 0 Å². The van der Waals surface area contributed by atoms with Crippen LogP contribution >= 0.6 is 11.6 Å². The van der Waals surface area contributed by atoms with E-state index in [0.717, 1.165) is 0 Å². The molecular formula is C11H14ClN5O6S. The lowest BCUT2D eigenvalue weighted by Crippen LogP contribution is -2.36. The lowest BCUT2D eigenvalue weighted by Gasteiger charge is -2.19. The van der Waals surface area contributed by atoms with Crippen molar-refractivity contribution in [2.45, 2.75) is 24.5 Å². The molecule has 2 aromatic rings. The summed E-state index contributed by atoms with van der Waals surface area (Å²) in [4.78, 5) is 12.0. The molecule has 1 aliphatic rings. The van der Waals surface area contributed by atoms with Gasteiger partial charge < -0.3 is 14.6 Å². The van der Waals surface area contributed by atoms with Crippen LogP contribution in [0.1, 0.15) is 6.23 Å². The van der Waals surface area contributed by atoms with E-state index < -0.39 is 41.5 Å². The van der Waals surface area contributed by atoms with Gasteiger partial charge in [0.05, 0.1) is 12.9 Å². The molecule has 0 saturated carbocycles. The van der Waals surface area contributed by atoms with Crippen LogP contribution < -0.4 is 5.14 Å². The summed E-state index contributed by atoms with van der Waals surface area (Å²) in [7, 11) is -2.78. The molecule has 0 unspecified atom stereocenters. The standard InChI is InChI=1S/C11H14ClN5O6S/c1-21-8-7(18)5(2-22-24(13,19)20)23-11(8)17-4-16-6-9(12)14-3-15-10(6)17/h3-5,7-8,11,18H,2H2,1H3,(H2,13,19,20)/t5-,7-,8-,11-/m1/s1. The summed E-state index contributed by atoms with van der Waals surface area (Å²) in [5.41, 5.74) is 0.735. The maximum atomic E-state index is 10.9. The predicted octanol–water partition coefficient (Wildman–Crippen LogP) is -1.03. The fourth-order valence-electron chi connectivity index (χ4n) is 2.51. The van der Waals surface area contributed by atoms with Crippen LogP contribution in [0.3, 0.4) is 0 Å². The summed E-state index contributed by atoms with van der Waals surface area (Å²) >= 11 is 5.96. The van der Waals surface area contributed by atoms with Gasteiger partial charge in [0.25, 0.3) is 0 Å². The maximum Gasteiger partial charge on any atom is 0.333 e. The fourth-order valence-corrected chi connectivity index (χ4v) is 3.01. The molecule has 3 heterocycles. The number of aromatic nitrogens is 4. The second-order valence-electron chi connectivity index (χ2n) is 5.02. The average molecular weight is 380 g/mol. The van der Waals surface area contributed by atoms with Gasteiger partial charge in [-0.15, -0.1) is 0 Å². The molecule has 0 amide bonds. The number of ether oxygens (including phenoxy) is 2. The summed E-state index contributed by atoms with van der Waals surface area (Å²) in [6.07, 6.45) is -1.10. The molecule has 0 bridgehead atoms. The molecule has 3 rings (SSSR count). The van der Waals surface area contributed by atoms with E-state index in [9.17, 15) is 13.5 Å². The van der Waals surface area contributed by atoms with E-state index in [-0.39, 0.29) is 5.15 Å². The Labute approximate surface area is 141 Å². The Morgan fingerprint density at radius 2 is 2.21 bits per heavy atom. The van der Waals surface area contributed by atoms with Gasteiger partial charge >= 0.3 is 10.3 Å². The zero-order valence-corrected chi connectivity index (χ0v) is 13.9. The van der Waals surface area contributed by atoms with Crippen molar-refractivity contribution in [3.05, 3.63) is 17.8 Å². The highest BCUT2D eigenvalue weighted by Crippen LogP contribution is 2.34. The van der Waals surface area contributed by atoms with Crippen molar-refractivity contribution < 1.29 is 27.2 Å². The van der Waals surface area contributed by atoms with Crippen LogP contribution in [-0.2, 0) is 24.0 Å². The Balaban J connectivity index is 1.90. The van der Waals surface area contributed by atoms with Crippen LogP contribution in [0.4, 0.5) is 0 Å². The van der Waals surface area contributed by atoms with Gasteiger partial charge in [0.15, 0.2) is 17.0 Å². The maximum absolute atomic E-state index is 10.9. The molecule has 2 aromatic heterocycles. The summed E-state index contributed by atoms with van der Waals surface area (Å²) in [5.74, 6) is 0. The molecule has 1 fully saturated rings. The van der Waals surface area contributed by atoms with Gasteiger partial charge in [0.1, 0.15) is 30.2 Å². The highest BCUT2D eigenvalue weighted by molar-refractivity contribution is 7.84. The molecule has 24 heavy (non-hydrogen) atoms. The first-order valence-corrected chi connectivity index (χ1v) is 8.53. The Morgan fingerprint density at radius 1 is 1.46 bits per heavy atom. The molecule has 1 saturated heterocycles. The van der Waals surface area contributed by atoms with Crippen molar-refractivity contribution in [2.24, 2.45) is 5.14 Å². The van der Waals surface area contributed by atoms with Crippen LogP contribution in [0.25, 0.3) is 11.2 Å². The Bertz CT molecular complexity index is 845. The zero-order valence-electron chi connectivity index (χ0n) is 12.3. The molecule has 13 heteroatoms. The highest BCUT2D eigenvalue weighted by Gasteiger charge is 2.46. The first kappa shape index (κ1) is 17.4. The number of nitrogens with zero attached hydrogens (tertiary/aromatic N) is 4. The van der Waals surface area contributed by atoms with Gasteiger partial charge in [-0.3, -0.25) is 8.75 Å². The highest BCUT2D eigenvalue weighted by atomic mass is 35.5. The van der Waals surface area contributed by atoms with Crippen molar-refractivity contribution in [2.75, 3.05) is 13.7 Å². The van der Waals surface area contributed by atoms with Gasteiger partial charge in [-0.1, -0.05) is 11.6 Å². The SMILES string of the molecule is CO[C@@H]1[C@H](O)[C@@H](COS(N)(=O)=O)O[C@H]1n1cnc2c(Cl)ncnc21. The monoisotopic (exact) mass is 379 g/mol. The molecule has 0 aromatic carbocycles. The number of imidazole rings is 1. The van der Waals surface area contributed by atoms with E-state index in [2.05, 4.69) is 19.1 Å². The molecule has 132 valence electrons. The third-order valence-corrected chi connectivity index (χ3v) is 4.31. The number of rotatable bonds is 5. The van der Waals surface area contributed by atoms with Gasteiger partial charge in [0, 0.05) is 7.11 Å². The van der Waals surface area contributed by atoms with Gasteiger partial charge in [0.2, 0.25) is 0 Å². The number of hydrogen-bond acceptors (Lipinski definition) is 9. The molecule has 4 atom stereocenters. The number of methoxy groups -OCH3 is 1. The van der Waals surface area contributed by atoms with Crippen LogP contribution in [0, 0.1) is 0 Å². The van der Waals surface area contributed by atoms with Crippen LogP contribution in [0.15, 0.2) is 12.7 Å². The minimum atomic E-state index is -4.16. The van der Waals surface area contributed by atoms with Gasteiger partial charge in [-0.25, -0.2) is 20.1 Å². The summed E-state index contributed by atoms with van der Waals surface area (Å²) in [5, 5.41) is 15.2. The second kappa shape index (κ2) is 6.48. The molecule has 0 radical (unpaired) electrons. The van der Waals surface area contributed by atoms with E-state index in [1.165, 1.54) is 24.3 Å². The minimum Gasteiger partial charge on any atom is -0.387 e. The van der Waals surface area contributed by atoms with E-state index in [1.807, 2.05) is 0 Å². The van der Waals surface area contributed by atoms with Gasteiger partial charge in [-0.05, 0) is 0 Å². The normalized spacial score (nSPS) is 27.8. The number of aliphatic hydroxyl groups is 1. The quantitative estimate of drug-likeness (QED) is 0.621. The van der Waals surface area contributed by atoms with Crippen molar-refractivity contribution in [3.63, 3.8) is 0 Å². The van der Waals surface area contributed by atoms with Crippen molar-refractivity contribution in [1.29, 1.82) is 0 Å². The largest absolute Gasteiger partial charge is 0.387 e. The minimum absolute atomic E-state index is 0.167. The summed E-state index contributed by atoms with van der Waals surface area (Å²) in [6.45, 7) is -0.460. The molecule has 1 aliphatic heterocycles. The summed E-state index contributed by atoms with van der Waals surface area (Å²) < 4.78 is 38.7. The fraction of sp³-hybridized carbons (Fsp3) is 0.545. The molecular weight excluding hydrogens is 366 g/mol. The second-order valence-corrected chi connectivity index (χ2v) is 6.60. The number of fused-ring (bicyclic) bond motifs is 1. The number of nitrogens with two attached hydrogens (primary N) is 1. The molecule has 3 N–H and O–H groups in total. The lowest BCUT2D eigenvalue weighted by atomic mass is 10.1. The number of aliphatic hydroxyl groups excluding tert-OH is 1. The Hall–Kier alpha value is -1.41. The van der Waals surface area contributed by atoms with Crippen LogP contribution in [0.5, 0.6) is 0 Å². The third-order valence-electron chi connectivity index (χ3n) is 3.57. The zero-order chi connectivity index (χ0) is 17.5. The van der Waals surface area contributed by atoms with Crippen molar-refractivity contribution in [1.82, 2.24) is 19.5 Å². The first-order valence-electron chi connectivity index (χ1n) is 6.68. The van der Waals surface area contributed by atoms with Gasteiger partial charge in [-0.2, -0.15) is 8.42 Å². The van der Waals surface area contributed by atoms with Crippen LogP contribution in [0.2, 0.25) is 5.15 Å². The predicted molar refractivity (Wildman–Crippen MR) is 80.1 cm³/mol. The molecule has 0 aliphatic carbocycles. The molecule has 0 spiro atoms. The number of hydrogen-bond donors (Lipinski definition) is 2. The van der Waals surface area contributed by atoms with E-state index in [0.29, 0.717) is 11.2 Å². The third kappa shape index (κ3) is 3.21. The Kier molecular flexibility index (Phi) is 4.70. The van der Waals surface area contributed by atoms with Crippen molar-refractivity contribution >= 4 is 33.1 Å². The van der Waals surface area contributed by atoms with Crippen LogP contribution in [-0.4, -0.2) is 65.1 Å². The lowest BCUT2D eigenvalue weighted by molar-refractivity contribution is -0.0556. The topological polar surface area (TPSA) is 152 Å². The van der Waals surface area contributed by atoms with E-state index in [1.54, 1.807) is 0 Å². The Morgan fingerprint density at radius 3 is 2.88 bits per heavy atom. The first-order chi connectivity index (χ1) is 11.3. The molecule has 11 nitrogen and oxygen atoms in total. The average Bonchev–Trinajstić information content (AvgIpc) is 3.06. The summed E-state index contributed by atoms with van der Waals surface area (Å²) in [6, 6.07) is 0. The van der Waals surface area contributed by atoms with E-state index >= 15 is 0 Å².